The Bertz CT molecular complexity index is 554. The van der Waals surface area contributed by atoms with Gasteiger partial charge < -0.3 is 4.74 Å². The molecule has 0 saturated heterocycles. The zero-order valence-electron chi connectivity index (χ0n) is 14.0. The lowest BCUT2D eigenvalue weighted by molar-refractivity contribution is -0.0511. The van der Waals surface area contributed by atoms with Gasteiger partial charge in [-0.3, -0.25) is 0 Å². The van der Waals surface area contributed by atoms with Gasteiger partial charge in [-0.1, -0.05) is 17.7 Å². The number of allylic oxidation sites excluding steroid dienone is 3. The van der Waals surface area contributed by atoms with Crippen LogP contribution in [-0.4, -0.2) is 41.1 Å². The molecule has 0 bridgehead atoms. The first-order valence-corrected chi connectivity index (χ1v) is 7.23. The number of hydrazine groups is 1. The molecule has 0 aromatic rings. The van der Waals surface area contributed by atoms with Crippen LogP contribution in [-0.2, 0) is 4.74 Å². The maximum Gasteiger partial charge on any atom is 0.446 e. The normalized spacial score (nSPS) is 26.6. The molecule has 0 aromatic carbocycles. The fraction of sp³-hybridized carbons (Fsp3) is 0.625. The first kappa shape index (κ1) is 15.8. The highest BCUT2D eigenvalue weighted by Gasteiger charge is 2.41. The van der Waals surface area contributed by atoms with Crippen LogP contribution in [0.1, 0.15) is 41.5 Å². The van der Waals surface area contributed by atoms with Crippen LogP contribution >= 0.6 is 0 Å². The highest BCUT2D eigenvalue weighted by atomic mass is 16.6. The SMILES string of the molecule is CC1=CC2(C)CN(C)N(C(=O)OC(C)(C)C)N=C2C(C)=C1. The number of hydrogen-bond donors (Lipinski definition) is 0. The molecule has 1 atom stereocenters. The van der Waals surface area contributed by atoms with Crippen molar-refractivity contribution in [2.24, 2.45) is 10.5 Å². The van der Waals surface area contributed by atoms with Gasteiger partial charge in [-0.2, -0.15) is 10.1 Å². The lowest BCUT2D eigenvalue weighted by atomic mass is 9.76. The number of carbonyl (C=O) groups excluding carboxylic acids is 1. The Hall–Kier alpha value is -1.62. The highest BCUT2D eigenvalue weighted by Crippen LogP contribution is 2.36. The lowest BCUT2D eigenvalue weighted by Crippen LogP contribution is -2.54. The van der Waals surface area contributed by atoms with Gasteiger partial charge in [0.05, 0.1) is 5.71 Å². The van der Waals surface area contributed by atoms with E-state index >= 15 is 0 Å². The van der Waals surface area contributed by atoms with Gasteiger partial charge in [-0.05, 0) is 47.1 Å². The van der Waals surface area contributed by atoms with E-state index in [-0.39, 0.29) is 5.41 Å². The average Bonchev–Trinajstić information content (AvgIpc) is 2.23. The van der Waals surface area contributed by atoms with Crippen molar-refractivity contribution < 1.29 is 9.53 Å². The van der Waals surface area contributed by atoms with Crippen molar-refractivity contribution in [1.82, 2.24) is 10.1 Å². The maximum absolute atomic E-state index is 12.3. The molecule has 1 heterocycles. The second-order valence-corrected chi connectivity index (χ2v) is 7.17. The van der Waals surface area contributed by atoms with Gasteiger partial charge in [0.15, 0.2) is 0 Å². The van der Waals surface area contributed by atoms with E-state index in [0.717, 1.165) is 11.3 Å². The van der Waals surface area contributed by atoms with Crippen molar-refractivity contribution in [2.75, 3.05) is 13.6 Å². The fourth-order valence-corrected chi connectivity index (χ4v) is 2.98. The predicted molar refractivity (Wildman–Crippen MR) is 83.8 cm³/mol. The molecule has 5 nitrogen and oxygen atoms in total. The number of fused-ring (bicyclic) bond motifs is 1. The summed E-state index contributed by atoms with van der Waals surface area (Å²) in [6.45, 7) is 12.5. The van der Waals surface area contributed by atoms with Crippen LogP contribution in [0.5, 0.6) is 0 Å². The smallest absolute Gasteiger partial charge is 0.441 e. The summed E-state index contributed by atoms with van der Waals surface area (Å²) < 4.78 is 5.42. The Morgan fingerprint density at radius 3 is 2.57 bits per heavy atom. The summed E-state index contributed by atoms with van der Waals surface area (Å²) in [5.41, 5.74) is 2.55. The monoisotopic (exact) mass is 291 g/mol. The van der Waals surface area contributed by atoms with E-state index in [1.807, 2.05) is 34.7 Å². The number of amides is 1. The molecule has 0 radical (unpaired) electrons. The quantitative estimate of drug-likeness (QED) is 0.687. The molecule has 1 aliphatic heterocycles. The molecule has 5 heteroatoms. The van der Waals surface area contributed by atoms with Crippen LogP contribution in [0.4, 0.5) is 4.79 Å². The minimum atomic E-state index is -0.535. The number of nitrogens with zero attached hydrogens (tertiary/aromatic N) is 3. The summed E-state index contributed by atoms with van der Waals surface area (Å²) in [5.74, 6) is 0. The van der Waals surface area contributed by atoms with Crippen LogP contribution in [0, 0.1) is 5.41 Å². The Balaban J connectivity index is 2.35. The summed E-state index contributed by atoms with van der Waals surface area (Å²) in [4.78, 5) is 12.3. The first-order valence-electron chi connectivity index (χ1n) is 7.23. The molecule has 21 heavy (non-hydrogen) atoms. The second kappa shape index (κ2) is 4.98. The summed E-state index contributed by atoms with van der Waals surface area (Å²) in [6, 6.07) is 0. The molecule has 0 spiro atoms. The predicted octanol–water partition coefficient (Wildman–Crippen LogP) is 3.35. The Labute approximate surface area is 126 Å². The maximum atomic E-state index is 12.3. The highest BCUT2D eigenvalue weighted by molar-refractivity contribution is 6.07. The van der Waals surface area contributed by atoms with Crippen LogP contribution < -0.4 is 0 Å². The van der Waals surface area contributed by atoms with Crippen LogP contribution in [0.2, 0.25) is 0 Å². The molecule has 1 aliphatic carbocycles. The molecular weight excluding hydrogens is 266 g/mol. The van der Waals surface area contributed by atoms with Crippen LogP contribution in [0.3, 0.4) is 0 Å². The van der Waals surface area contributed by atoms with Gasteiger partial charge in [-0.25, -0.2) is 4.79 Å². The summed E-state index contributed by atoms with van der Waals surface area (Å²) in [5, 5.41) is 7.68. The third kappa shape index (κ3) is 3.18. The fourth-order valence-electron chi connectivity index (χ4n) is 2.98. The molecular formula is C16H25N3O2. The minimum absolute atomic E-state index is 0.170. The standard InChI is InChI=1S/C16H25N3O2/c1-11-8-12(2)13-16(6,9-11)10-18(7)19(17-13)14(20)21-15(3,4)5/h8-9H,10H2,1-7H3. The number of rotatable bonds is 0. The van der Waals surface area contributed by atoms with E-state index in [9.17, 15) is 4.79 Å². The first-order chi connectivity index (χ1) is 9.52. The molecule has 2 aliphatic rings. The number of ether oxygens (including phenoxy) is 1. The van der Waals surface area contributed by atoms with Gasteiger partial charge in [0.1, 0.15) is 5.60 Å². The van der Waals surface area contributed by atoms with Crippen molar-refractivity contribution in [3.8, 4) is 0 Å². The zero-order valence-corrected chi connectivity index (χ0v) is 14.0. The third-order valence-corrected chi connectivity index (χ3v) is 3.54. The van der Waals surface area contributed by atoms with Crippen molar-refractivity contribution in [3.63, 3.8) is 0 Å². The van der Waals surface area contributed by atoms with E-state index in [2.05, 4.69) is 31.1 Å². The van der Waals surface area contributed by atoms with Crippen LogP contribution in [0.25, 0.3) is 0 Å². The van der Waals surface area contributed by atoms with Gasteiger partial charge in [-0.15, -0.1) is 5.12 Å². The van der Waals surface area contributed by atoms with Crippen LogP contribution in [0.15, 0.2) is 28.4 Å². The summed E-state index contributed by atoms with van der Waals surface area (Å²) >= 11 is 0. The molecule has 2 rings (SSSR count). The van der Waals surface area contributed by atoms with Gasteiger partial charge in [0, 0.05) is 19.0 Å². The van der Waals surface area contributed by atoms with E-state index < -0.39 is 11.7 Å². The minimum Gasteiger partial charge on any atom is -0.441 e. The third-order valence-electron chi connectivity index (χ3n) is 3.54. The number of hydrogen-bond acceptors (Lipinski definition) is 4. The van der Waals surface area contributed by atoms with Crippen molar-refractivity contribution >= 4 is 11.8 Å². The second-order valence-electron chi connectivity index (χ2n) is 7.17. The Kier molecular flexibility index (Phi) is 3.74. The van der Waals surface area contributed by atoms with E-state index in [1.165, 1.54) is 10.7 Å². The molecule has 0 saturated carbocycles. The molecule has 1 unspecified atom stereocenters. The van der Waals surface area contributed by atoms with Crippen molar-refractivity contribution in [3.05, 3.63) is 23.3 Å². The Morgan fingerprint density at radius 2 is 2.00 bits per heavy atom. The summed E-state index contributed by atoms with van der Waals surface area (Å²) in [7, 11) is 1.85. The van der Waals surface area contributed by atoms with Gasteiger partial charge in [0.25, 0.3) is 0 Å². The Morgan fingerprint density at radius 1 is 1.38 bits per heavy atom. The molecule has 0 N–H and O–H groups in total. The largest absolute Gasteiger partial charge is 0.446 e. The molecule has 0 aromatic heterocycles. The molecule has 0 fully saturated rings. The van der Waals surface area contributed by atoms with E-state index in [0.29, 0.717) is 6.54 Å². The molecule has 1 amide bonds. The average molecular weight is 291 g/mol. The van der Waals surface area contributed by atoms with E-state index in [4.69, 9.17) is 4.74 Å². The molecule has 116 valence electrons. The number of carbonyl (C=O) groups is 1. The van der Waals surface area contributed by atoms with Gasteiger partial charge >= 0.3 is 6.09 Å². The zero-order chi connectivity index (χ0) is 16.0. The van der Waals surface area contributed by atoms with Crippen molar-refractivity contribution in [1.29, 1.82) is 0 Å². The van der Waals surface area contributed by atoms with Crippen molar-refractivity contribution in [2.45, 2.75) is 47.1 Å². The topological polar surface area (TPSA) is 45.1 Å². The lowest BCUT2D eigenvalue weighted by Gasteiger charge is -2.43. The van der Waals surface area contributed by atoms with E-state index in [1.54, 1.807) is 5.01 Å². The summed E-state index contributed by atoms with van der Waals surface area (Å²) in [6.07, 6.45) is 3.86. The number of hydrazone groups is 1. The van der Waals surface area contributed by atoms with Gasteiger partial charge in [0.2, 0.25) is 0 Å².